The molecule has 0 saturated carbocycles. The maximum Gasteiger partial charge on any atom is 0.192 e. The average Bonchev–Trinajstić information content (AvgIpc) is 2.44. The molecule has 0 aromatic heterocycles. The van der Waals surface area contributed by atoms with E-state index in [-0.39, 0.29) is 29.1 Å². The van der Waals surface area contributed by atoms with Crippen molar-refractivity contribution in [1.29, 1.82) is 0 Å². The Kier molecular flexibility index (Phi) is 9.16. The molecule has 0 saturated heterocycles. The normalized spacial score (nSPS) is 19.1. The van der Waals surface area contributed by atoms with E-state index in [1.165, 1.54) is 0 Å². The van der Waals surface area contributed by atoms with Gasteiger partial charge in [-0.15, -0.1) is 6.58 Å². The summed E-state index contributed by atoms with van der Waals surface area (Å²) in [6.07, 6.45) is 3.23. The van der Waals surface area contributed by atoms with Crippen molar-refractivity contribution < 1.29 is 14.3 Å². The fraction of sp³-hybridized carbons (Fsp3) is 0.800. The van der Waals surface area contributed by atoms with Crippen LogP contribution in [-0.4, -0.2) is 38.8 Å². The molecule has 3 nitrogen and oxygen atoms in total. The molecule has 0 aromatic rings. The van der Waals surface area contributed by atoms with Crippen LogP contribution in [0.5, 0.6) is 0 Å². The van der Waals surface area contributed by atoms with E-state index in [0.29, 0.717) is 0 Å². The first kappa shape index (κ1) is 23.6. The van der Waals surface area contributed by atoms with Crippen molar-refractivity contribution in [2.24, 2.45) is 11.8 Å². The molecular weight excluding hydrogens is 316 g/mol. The van der Waals surface area contributed by atoms with Crippen LogP contribution in [0.1, 0.15) is 48.5 Å². The molecule has 0 aromatic carbocycles. The molecule has 0 spiro atoms. The van der Waals surface area contributed by atoms with Crippen LogP contribution < -0.4 is 0 Å². The van der Waals surface area contributed by atoms with Gasteiger partial charge in [0.15, 0.2) is 8.32 Å². The SMILES string of the molecule is C=C[C@H](OC)[C@@H](O[Si](C)(C)C(C)(C)C)C(C)/C=C(/C)C(O)C(C)C. The van der Waals surface area contributed by atoms with Crippen LogP contribution in [-0.2, 0) is 9.16 Å². The molecule has 0 rings (SSSR count). The lowest BCUT2D eigenvalue weighted by Crippen LogP contribution is -2.49. The van der Waals surface area contributed by atoms with E-state index in [1.54, 1.807) is 7.11 Å². The smallest absolute Gasteiger partial charge is 0.192 e. The molecule has 0 aliphatic rings. The highest BCUT2D eigenvalue weighted by atomic mass is 28.4. The highest BCUT2D eigenvalue weighted by Crippen LogP contribution is 2.39. The van der Waals surface area contributed by atoms with Crippen molar-refractivity contribution in [2.75, 3.05) is 7.11 Å². The fourth-order valence-corrected chi connectivity index (χ4v) is 3.87. The molecule has 0 radical (unpaired) electrons. The quantitative estimate of drug-likeness (QED) is 0.457. The number of aliphatic hydroxyl groups excluding tert-OH is 1. The van der Waals surface area contributed by atoms with Gasteiger partial charge in [0.25, 0.3) is 0 Å². The van der Waals surface area contributed by atoms with Gasteiger partial charge in [-0.1, -0.05) is 53.7 Å². The second kappa shape index (κ2) is 9.32. The summed E-state index contributed by atoms with van der Waals surface area (Å²) in [5, 5.41) is 10.4. The van der Waals surface area contributed by atoms with Crippen LogP contribution in [0.4, 0.5) is 0 Å². The minimum absolute atomic E-state index is 0.109. The van der Waals surface area contributed by atoms with Gasteiger partial charge in [0.2, 0.25) is 0 Å². The van der Waals surface area contributed by atoms with E-state index < -0.39 is 14.4 Å². The maximum atomic E-state index is 10.3. The van der Waals surface area contributed by atoms with Gasteiger partial charge < -0.3 is 14.3 Å². The second-order valence-electron chi connectivity index (χ2n) is 8.74. The van der Waals surface area contributed by atoms with E-state index in [4.69, 9.17) is 9.16 Å². The number of rotatable bonds is 9. The zero-order valence-corrected chi connectivity index (χ0v) is 18.5. The summed E-state index contributed by atoms with van der Waals surface area (Å²) in [4.78, 5) is 0. The van der Waals surface area contributed by atoms with Gasteiger partial charge in [-0.05, 0) is 36.5 Å². The molecule has 24 heavy (non-hydrogen) atoms. The van der Waals surface area contributed by atoms with Crippen molar-refractivity contribution in [3.63, 3.8) is 0 Å². The standard InChI is InChI=1S/C20H40O3Si/c1-12-17(22-9)19(23-24(10,11)20(6,7)8)16(5)13-15(4)18(21)14(2)3/h12-14,16-19,21H,1H2,2-11H3/b15-13-/t16?,17-,18?,19-/m0/s1. The van der Waals surface area contributed by atoms with Gasteiger partial charge >= 0.3 is 0 Å². The van der Waals surface area contributed by atoms with Crippen molar-refractivity contribution in [3.05, 3.63) is 24.3 Å². The van der Waals surface area contributed by atoms with Crippen molar-refractivity contribution in [1.82, 2.24) is 0 Å². The lowest BCUT2D eigenvalue weighted by atomic mass is 9.93. The van der Waals surface area contributed by atoms with E-state index in [0.717, 1.165) is 5.57 Å². The lowest BCUT2D eigenvalue weighted by molar-refractivity contribution is 0.00566. The maximum absolute atomic E-state index is 10.3. The molecule has 0 aliphatic carbocycles. The fourth-order valence-electron chi connectivity index (χ4n) is 2.49. The third-order valence-corrected chi connectivity index (χ3v) is 9.68. The highest BCUT2D eigenvalue weighted by Gasteiger charge is 2.41. The van der Waals surface area contributed by atoms with Crippen LogP contribution in [0.2, 0.25) is 18.1 Å². The van der Waals surface area contributed by atoms with Gasteiger partial charge in [-0.2, -0.15) is 0 Å². The topological polar surface area (TPSA) is 38.7 Å². The van der Waals surface area contributed by atoms with Gasteiger partial charge in [-0.25, -0.2) is 0 Å². The molecule has 0 heterocycles. The minimum atomic E-state index is -1.95. The van der Waals surface area contributed by atoms with Crippen LogP contribution in [0.3, 0.4) is 0 Å². The molecule has 0 amide bonds. The Hall–Kier alpha value is -0.423. The monoisotopic (exact) mass is 356 g/mol. The van der Waals surface area contributed by atoms with Gasteiger partial charge in [0.1, 0.15) is 6.10 Å². The Balaban J connectivity index is 5.58. The summed E-state index contributed by atoms with van der Waals surface area (Å²) in [5.74, 6) is 0.321. The third kappa shape index (κ3) is 6.47. The van der Waals surface area contributed by atoms with Gasteiger partial charge in [0, 0.05) is 13.0 Å². The Morgan fingerprint density at radius 3 is 2.00 bits per heavy atom. The largest absolute Gasteiger partial charge is 0.410 e. The van der Waals surface area contributed by atoms with E-state index in [9.17, 15) is 5.11 Å². The zero-order chi connectivity index (χ0) is 19.3. The molecule has 1 N–H and O–H groups in total. The van der Waals surface area contributed by atoms with E-state index in [1.807, 2.05) is 26.8 Å². The molecular formula is C20H40O3Si. The Bertz CT molecular complexity index is 421. The van der Waals surface area contributed by atoms with E-state index in [2.05, 4.69) is 53.4 Å². The Morgan fingerprint density at radius 2 is 1.67 bits per heavy atom. The first-order valence-electron chi connectivity index (χ1n) is 8.98. The van der Waals surface area contributed by atoms with Crippen LogP contribution in [0.15, 0.2) is 24.3 Å². The number of hydrogen-bond acceptors (Lipinski definition) is 3. The molecule has 4 heteroatoms. The first-order valence-corrected chi connectivity index (χ1v) is 11.9. The molecule has 0 aliphatic heterocycles. The first-order chi connectivity index (χ1) is 10.8. The Morgan fingerprint density at radius 1 is 1.17 bits per heavy atom. The van der Waals surface area contributed by atoms with E-state index >= 15 is 0 Å². The number of methoxy groups -OCH3 is 1. The van der Waals surface area contributed by atoms with Gasteiger partial charge in [-0.3, -0.25) is 0 Å². The molecule has 0 fully saturated rings. The van der Waals surface area contributed by atoms with Gasteiger partial charge in [0.05, 0.1) is 12.2 Å². The summed E-state index contributed by atoms with van der Waals surface area (Å²) in [6, 6.07) is 0. The lowest BCUT2D eigenvalue weighted by Gasteiger charge is -2.42. The highest BCUT2D eigenvalue weighted by molar-refractivity contribution is 6.74. The van der Waals surface area contributed by atoms with Crippen LogP contribution >= 0.6 is 0 Å². The summed E-state index contributed by atoms with van der Waals surface area (Å²) >= 11 is 0. The third-order valence-electron chi connectivity index (χ3n) is 5.21. The predicted octanol–water partition coefficient (Wildman–Crippen LogP) is 5.18. The Labute approximate surface area is 151 Å². The number of hydrogen-bond donors (Lipinski definition) is 1. The summed E-state index contributed by atoms with van der Waals surface area (Å²) < 4.78 is 12.3. The summed E-state index contributed by atoms with van der Waals surface area (Å²) in [6.45, 7) is 23.3. The molecule has 2 unspecified atom stereocenters. The summed E-state index contributed by atoms with van der Waals surface area (Å²) in [5.41, 5.74) is 0.986. The molecule has 4 atom stereocenters. The second-order valence-corrected chi connectivity index (χ2v) is 13.5. The summed E-state index contributed by atoms with van der Waals surface area (Å²) in [7, 11) is -0.251. The number of ether oxygens (including phenoxy) is 1. The average molecular weight is 357 g/mol. The van der Waals surface area contributed by atoms with Crippen molar-refractivity contribution in [2.45, 2.75) is 84.9 Å². The van der Waals surface area contributed by atoms with Crippen LogP contribution in [0.25, 0.3) is 0 Å². The molecule has 142 valence electrons. The zero-order valence-electron chi connectivity index (χ0n) is 17.5. The predicted molar refractivity (Wildman–Crippen MR) is 107 cm³/mol. The molecule has 0 bridgehead atoms. The van der Waals surface area contributed by atoms with Crippen molar-refractivity contribution in [3.8, 4) is 0 Å². The number of aliphatic hydroxyl groups is 1. The minimum Gasteiger partial charge on any atom is -0.410 e. The van der Waals surface area contributed by atoms with Crippen molar-refractivity contribution >= 4 is 8.32 Å². The van der Waals surface area contributed by atoms with Crippen LogP contribution in [0, 0.1) is 11.8 Å².